The number of nitrogens with one attached hydrogen (secondary N) is 1. The third-order valence-electron chi connectivity index (χ3n) is 2.54. The van der Waals surface area contributed by atoms with E-state index in [0.29, 0.717) is 5.58 Å². The smallest absolute Gasteiger partial charge is 0.332 e. The first-order valence-corrected chi connectivity index (χ1v) is 5.65. The van der Waals surface area contributed by atoms with Crippen molar-refractivity contribution in [3.63, 3.8) is 0 Å². The standard InChI is InChI=1S/C13H13NO5/c1-8-2-3-10-9(6-18-11(10)4-8)5-12(15)14-19-7-13(16)17/h2-4,6H,5,7H2,1H3,(H,14,15)(H,16,17). The Morgan fingerprint density at radius 3 is 2.95 bits per heavy atom. The Kier molecular flexibility index (Phi) is 3.82. The van der Waals surface area contributed by atoms with Crippen molar-refractivity contribution >= 4 is 22.8 Å². The number of carbonyl (C=O) groups is 2. The average molecular weight is 263 g/mol. The number of carboxylic acid groups (broad SMARTS) is 1. The van der Waals surface area contributed by atoms with Crippen LogP contribution in [0.2, 0.25) is 0 Å². The molecule has 0 atom stereocenters. The number of furan rings is 1. The molecular weight excluding hydrogens is 250 g/mol. The van der Waals surface area contributed by atoms with Gasteiger partial charge in [-0.1, -0.05) is 12.1 Å². The first-order chi connectivity index (χ1) is 9.06. The highest BCUT2D eigenvalue weighted by Crippen LogP contribution is 2.22. The number of rotatable bonds is 5. The first-order valence-electron chi connectivity index (χ1n) is 5.65. The van der Waals surface area contributed by atoms with Gasteiger partial charge in [-0.05, 0) is 18.6 Å². The number of fused-ring (bicyclic) bond motifs is 1. The summed E-state index contributed by atoms with van der Waals surface area (Å²) in [4.78, 5) is 26.3. The summed E-state index contributed by atoms with van der Waals surface area (Å²) in [5.74, 6) is -1.57. The highest BCUT2D eigenvalue weighted by Gasteiger charge is 2.11. The predicted molar refractivity (Wildman–Crippen MR) is 66.4 cm³/mol. The Bertz CT molecular complexity index is 617. The lowest BCUT2D eigenvalue weighted by molar-refractivity contribution is -0.149. The largest absolute Gasteiger partial charge is 0.479 e. The molecule has 1 heterocycles. The van der Waals surface area contributed by atoms with Gasteiger partial charge in [0.2, 0.25) is 5.91 Å². The number of aliphatic carboxylic acids is 1. The van der Waals surface area contributed by atoms with Gasteiger partial charge in [-0.15, -0.1) is 0 Å². The van der Waals surface area contributed by atoms with Gasteiger partial charge in [-0.3, -0.25) is 9.63 Å². The van der Waals surface area contributed by atoms with Crippen LogP contribution in [-0.4, -0.2) is 23.6 Å². The molecule has 6 nitrogen and oxygen atoms in total. The average Bonchev–Trinajstić information content (AvgIpc) is 2.71. The van der Waals surface area contributed by atoms with Crippen LogP contribution in [0.5, 0.6) is 0 Å². The van der Waals surface area contributed by atoms with Gasteiger partial charge in [-0.2, -0.15) is 0 Å². The fourth-order valence-corrected chi connectivity index (χ4v) is 1.71. The first kappa shape index (κ1) is 13.1. The zero-order chi connectivity index (χ0) is 13.8. The highest BCUT2D eigenvalue weighted by atomic mass is 16.7. The summed E-state index contributed by atoms with van der Waals surface area (Å²) in [5.41, 5.74) is 4.58. The number of amides is 1. The zero-order valence-electron chi connectivity index (χ0n) is 10.3. The molecule has 0 saturated carbocycles. The molecule has 19 heavy (non-hydrogen) atoms. The van der Waals surface area contributed by atoms with Gasteiger partial charge in [0.05, 0.1) is 12.7 Å². The Morgan fingerprint density at radius 1 is 1.42 bits per heavy atom. The van der Waals surface area contributed by atoms with Gasteiger partial charge in [0.1, 0.15) is 5.58 Å². The molecule has 0 fully saturated rings. The maximum Gasteiger partial charge on any atom is 0.332 e. The Balaban J connectivity index is 2.01. The van der Waals surface area contributed by atoms with Gasteiger partial charge in [0.15, 0.2) is 6.61 Å². The fraction of sp³-hybridized carbons (Fsp3) is 0.231. The summed E-state index contributed by atoms with van der Waals surface area (Å²) >= 11 is 0. The summed E-state index contributed by atoms with van der Waals surface area (Å²) in [6, 6.07) is 5.70. The summed E-state index contributed by atoms with van der Waals surface area (Å²) in [5, 5.41) is 9.22. The minimum Gasteiger partial charge on any atom is -0.479 e. The Labute approximate surface area is 108 Å². The third-order valence-corrected chi connectivity index (χ3v) is 2.54. The van der Waals surface area contributed by atoms with E-state index in [4.69, 9.17) is 9.52 Å². The molecule has 2 aromatic rings. The van der Waals surface area contributed by atoms with Gasteiger partial charge in [0.25, 0.3) is 0 Å². The minimum absolute atomic E-state index is 0.0652. The zero-order valence-corrected chi connectivity index (χ0v) is 10.3. The molecule has 0 unspecified atom stereocenters. The summed E-state index contributed by atoms with van der Waals surface area (Å²) < 4.78 is 5.36. The Morgan fingerprint density at radius 2 is 2.21 bits per heavy atom. The molecule has 6 heteroatoms. The highest BCUT2D eigenvalue weighted by molar-refractivity contribution is 5.87. The number of benzene rings is 1. The number of carboxylic acids is 1. The molecule has 1 amide bonds. The second-order valence-corrected chi connectivity index (χ2v) is 4.14. The van der Waals surface area contributed by atoms with Crippen LogP contribution in [0.15, 0.2) is 28.9 Å². The van der Waals surface area contributed by atoms with E-state index >= 15 is 0 Å². The van der Waals surface area contributed by atoms with E-state index in [1.165, 1.54) is 6.26 Å². The molecule has 1 aromatic heterocycles. The van der Waals surface area contributed by atoms with Crippen LogP contribution < -0.4 is 5.48 Å². The van der Waals surface area contributed by atoms with Crippen molar-refractivity contribution in [3.8, 4) is 0 Å². The molecule has 0 aliphatic carbocycles. The molecule has 2 N–H and O–H groups in total. The van der Waals surface area contributed by atoms with Crippen molar-refractivity contribution in [1.82, 2.24) is 5.48 Å². The van der Waals surface area contributed by atoms with Crippen molar-refractivity contribution < 1.29 is 24.0 Å². The quantitative estimate of drug-likeness (QED) is 0.796. The molecule has 0 aliphatic rings. The molecule has 2 rings (SSSR count). The van der Waals surface area contributed by atoms with E-state index in [2.05, 4.69) is 10.3 Å². The molecule has 0 aliphatic heterocycles. The maximum atomic E-state index is 11.5. The van der Waals surface area contributed by atoms with E-state index in [1.54, 1.807) is 0 Å². The van der Waals surface area contributed by atoms with E-state index in [9.17, 15) is 9.59 Å². The van der Waals surface area contributed by atoms with Crippen molar-refractivity contribution in [2.45, 2.75) is 13.3 Å². The minimum atomic E-state index is -1.15. The number of hydroxylamine groups is 1. The van der Waals surface area contributed by atoms with E-state index in [1.807, 2.05) is 25.1 Å². The van der Waals surface area contributed by atoms with Crippen molar-refractivity contribution in [1.29, 1.82) is 0 Å². The van der Waals surface area contributed by atoms with Crippen LogP contribution in [0.3, 0.4) is 0 Å². The van der Waals surface area contributed by atoms with Crippen LogP contribution in [0.25, 0.3) is 11.0 Å². The second-order valence-electron chi connectivity index (χ2n) is 4.14. The van der Waals surface area contributed by atoms with Crippen molar-refractivity contribution in [2.75, 3.05) is 6.61 Å². The van der Waals surface area contributed by atoms with Gasteiger partial charge >= 0.3 is 5.97 Å². The number of hydrogen-bond acceptors (Lipinski definition) is 4. The molecule has 1 aromatic carbocycles. The van der Waals surface area contributed by atoms with Gasteiger partial charge < -0.3 is 9.52 Å². The maximum absolute atomic E-state index is 11.5. The van der Waals surface area contributed by atoms with Crippen LogP contribution in [0, 0.1) is 6.92 Å². The number of carbonyl (C=O) groups excluding carboxylic acids is 1. The molecule has 0 saturated heterocycles. The summed E-state index contributed by atoms with van der Waals surface area (Å²) in [6.07, 6.45) is 1.58. The monoisotopic (exact) mass is 263 g/mol. The molecule has 0 radical (unpaired) electrons. The van der Waals surface area contributed by atoms with E-state index in [0.717, 1.165) is 16.5 Å². The van der Waals surface area contributed by atoms with Crippen LogP contribution >= 0.6 is 0 Å². The lowest BCUT2D eigenvalue weighted by atomic mass is 10.1. The van der Waals surface area contributed by atoms with Gasteiger partial charge in [0, 0.05) is 10.9 Å². The summed E-state index contributed by atoms with van der Waals surface area (Å²) in [7, 11) is 0. The number of aryl methyl sites for hydroxylation is 1. The molecular formula is C13H13NO5. The van der Waals surface area contributed by atoms with E-state index < -0.39 is 18.5 Å². The van der Waals surface area contributed by atoms with Crippen LogP contribution in [0.4, 0.5) is 0 Å². The fourth-order valence-electron chi connectivity index (χ4n) is 1.71. The van der Waals surface area contributed by atoms with Crippen molar-refractivity contribution in [3.05, 3.63) is 35.6 Å². The third kappa shape index (κ3) is 3.32. The second kappa shape index (κ2) is 5.53. The topological polar surface area (TPSA) is 88.8 Å². The van der Waals surface area contributed by atoms with Crippen LogP contribution in [-0.2, 0) is 20.8 Å². The lowest BCUT2D eigenvalue weighted by Crippen LogP contribution is -2.27. The van der Waals surface area contributed by atoms with Crippen LogP contribution in [0.1, 0.15) is 11.1 Å². The predicted octanol–water partition coefficient (Wildman–Crippen LogP) is 1.42. The number of hydrogen-bond donors (Lipinski definition) is 2. The molecule has 0 spiro atoms. The normalized spacial score (nSPS) is 10.6. The summed E-state index contributed by atoms with van der Waals surface area (Å²) in [6.45, 7) is 1.38. The lowest BCUT2D eigenvalue weighted by Gasteiger charge is -2.02. The van der Waals surface area contributed by atoms with Gasteiger partial charge in [-0.25, -0.2) is 10.3 Å². The van der Waals surface area contributed by atoms with E-state index in [-0.39, 0.29) is 6.42 Å². The Hall–Kier alpha value is -2.34. The molecule has 0 bridgehead atoms. The van der Waals surface area contributed by atoms with Crippen molar-refractivity contribution in [2.24, 2.45) is 0 Å². The molecule has 100 valence electrons. The SMILES string of the molecule is Cc1ccc2c(CC(=O)NOCC(=O)O)coc2c1.